The van der Waals surface area contributed by atoms with E-state index in [1.807, 2.05) is 0 Å². The fraction of sp³-hybridized carbons (Fsp3) is 0.208. The van der Waals surface area contributed by atoms with E-state index in [1.165, 1.54) is 61.6 Å². The van der Waals surface area contributed by atoms with E-state index in [-0.39, 0.29) is 28.4 Å². The van der Waals surface area contributed by atoms with Gasteiger partial charge in [0.05, 0.1) is 26.5 Å². The summed E-state index contributed by atoms with van der Waals surface area (Å²) in [5, 5.41) is 2.36. The Morgan fingerprint density at radius 1 is 0.939 bits per heavy atom. The lowest BCUT2D eigenvalue weighted by atomic mass is 9.79. The van der Waals surface area contributed by atoms with E-state index in [2.05, 4.69) is 5.32 Å². The van der Waals surface area contributed by atoms with Crippen LogP contribution in [0.2, 0.25) is 5.02 Å². The van der Waals surface area contributed by atoms with Crippen molar-refractivity contribution in [2.75, 3.05) is 19.1 Å². The van der Waals surface area contributed by atoms with Crippen LogP contribution in [0, 0.1) is 0 Å². The largest absolute Gasteiger partial charge is 0.497 e. The van der Waals surface area contributed by atoms with Gasteiger partial charge in [-0.05, 0) is 53.6 Å². The minimum Gasteiger partial charge on any atom is -0.497 e. The monoisotopic (exact) mass is 476 g/mol. The van der Waals surface area contributed by atoms with Gasteiger partial charge in [0.2, 0.25) is 0 Å². The molecule has 0 saturated carbocycles. The van der Waals surface area contributed by atoms with Crippen LogP contribution < -0.4 is 19.7 Å². The van der Waals surface area contributed by atoms with Gasteiger partial charge < -0.3 is 14.8 Å². The number of urea groups is 1. The molecule has 9 heteroatoms. The lowest BCUT2D eigenvalue weighted by Gasteiger charge is -2.45. The van der Waals surface area contributed by atoms with Gasteiger partial charge in [-0.3, -0.25) is 4.90 Å². The van der Waals surface area contributed by atoms with Crippen molar-refractivity contribution in [1.82, 2.24) is 5.32 Å². The molecule has 1 N–H and O–H groups in total. The van der Waals surface area contributed by atoms with Gasteiger partial charge in [-0.2, -0.15) is 13.2 Å². The number of anilines is 1. The number of nitrogens with zero attached hydrogens (tertiary/aromatic N) is 1. The van der Waals surface area contributed by atoms with Crippen LogP contribution >= 0.6 is 11.6 Å². The molecule has 1 aliphatic heterocycles. The predicted octanol–water partition coefficient (Wildman–Crippen LogP) is 5.89. The zero-order chi connectivity index (χ0) is 23.8. The summed E-state index contributed by atoms with van der Waals surface area (Å²) in [5.41, 5.74) is -2.27. The first-order chi connectivity index (χ1) is 15.7. The van der Waals surface area contributed by atoms with Crippen molar-refractivity contribution in [3.63, 3.8) is 0 Å². The molecular formula is C24H20ClF3N2O3. The van der Waals surface area contributed by atoms with E-state index >= 15 is 0 Å². The summed E-state index contributed by atoms with van der Waals surface area (Å²) in [6.07, 6.45) is -4.86. The average molecular weight is 477 g/mol. The summed E-state index contributed by atoms with van der Waals surface area (Å²) < 4.78 is 54.5. The van der Waals surface area contributed by atoms with Crippen LogP contribution in [-0.4, -0.2) is 26.4 Å². The molecule has 0 radical (unpaired) electrons. The summed E-state index contributed by atoms with van der Waals surface area (Å²) in [4.78, 5) is 14.4. The SMILES string of the molecule is COc1ccc(CN2C(=O)N[C@@](c3ccc(OC)cc3)(C(F)(F)F)c3cc(Cl)ccc32)cc1. The standard InChI is InChI=1S/C24H20ClF3N2O3/c1-32-18-8-3-15(4-9-18)14-30-21-12-7-17(25)13-20(21)23(24(26,27)28,29-22(30)31)16-5-10-19(33-2)11-6-16/h3-13H,14H2,1-2H3,(H,29,31)/t23-/m1/s1. The first-order valence-electron chi connectivity index (χ1n) is 9.93. The van der Waals surface area contributed by atoms with Crippen LogP contribution in [0.3, 0.4) is 0 Å². The van der Waals surface area contributed by atoms with Gasteiger partial charge >= 0.3 is 12.2 Å². The number of ether oxygens (including phenoxy) is 2. The van der Waals surface area contributed by atoms with Crippen molar-refractivity contribution >= 4 is 23.3 Å². The number of hydrogen-bond acceptors (Lipinski definition) is 3. The molecule has 1 atom stereocenters. The highest BCUT2D eigenvalue weighted by atomic mass is 35.5. The Labute approximate surface area is 193 Å². The molecule has 2 amide bonds. The molecule has 3 aromatic rings. The van der Waals surface area contributed by atoms with Crippen molar-refractivity contribution < 1.29 is 27.4 Å². The van der Waals surface area contributed by atoms with Crippen LogP contribution in [-0.2, 0) is 12.1 Å². The highest BCUT2D eigenvalue weighted by Crippen LogP contribution is 2.50. The van der Waals surface area contributed by atoms with Crippen LogP contribution in [0.4, 0.5) is 23.7 Å². The summed E-state index contributed by atoms with van der Waals surface area (Å²) >= 11 is 6.13. The topological polar surface area (TPSA) is 50.8 Å². The lowest BCUT2D eigenvalue weighted by molar-refractivity contribution is -0.184. The second-order valence-corrected chi connectivity index (χ2v) is 7.94. The molecule has 4 rings (SSSR count). The highest BCUT2D eigenvalue weighted by molar-refractivity contribution is 6.30. The third-order valence-corrected chi connectivity index (χ3v) is 5.88. The molecule has 0 fully saturated rings. The molecule has 33 heavy (non-hydrogen) atoms. The quantitative estimate of drug-likeness (QED) is 0.499. The van der Waals surface area contributed by atoms with E-state index in [0.29, 0.717) is 11.5 Å². The van der Waals surface area contributed by atoms with Crippen molar-refractivity contribution in [1.29, 1.82) is 0 Å². The van der Waals surface area contributed by atoms with Crippen LogP contribution in [0.15, 0.2) is 66.7 Å². The molecule has 5 nitrogen and oxygen atoms in total. The minimum absolute atomic E-state index is 0.0566. The molecule has 172 valence electrons. The number of nitrogens with one attached hydrogen (secondary N) is 1. The molecule has 0 unspecified atom stereocenters. The zero-order valence-electron chi connectivity index (χ0n) is 17.7. The van der Waals surface area contributed by atoms with E-state index in [1.54, 1.807) is 24.3 Å². The Kier molecular flexibility index (Phi) is 5.88. The molecule has 1 aliphatic rings. The first-order valence-corrected chi connectivity index (χ1v) is 10.3. The van der Waals surface area contributed by atoms with Crippen LogP contribution in [0.5, 0.6) is 11.5 Å². The number of halogens is 4. The fourth-order valence-electron chi connectivity index (χ4n) is 3.98. The van der Waals surface area contributed by atoms with Gasteiger partial charge in [0.15, 0.2) is 5.54 Å². The van der Waals surface area contributed by atoms with Gasteiger partial charge in [0.1, 0.15) is 11.5 Å². The maximum atomic E-state index is 14.8. The average Bonchev–Trinajstić information content (AvgIpc) is 2.80. The van der Waals surface area contributed by atoms with E-state index in [9.17, 15) is 18.0 Å². The highest BCUT2D eigenvalue weighted by Gasteiger charge is 2.62. The van der Waals surface area contributed by atoms with Crippen molar-refractivity contribution in [2.45, 2.75) is 18.3 Å². The molecule has 0 aliphatic carbocycles. The Morgan fingerprint density at radius 3 is 2.06 bits per heavy atom. The van der Waals surface area contributed by atoms with E-state index < -0.39 is 17.7 Å². The molecule has 0 spiro atoms. The molecule has 1 heterocycles. The number of hydrogen-bond donors (Lipinski definition) is 1. The third-order valence-electron chi connectivity index (χ3n) is 5.64. The van der Waals surface area contributed by atoms with Crippen molar-refractivity contribution in [3.05, 3.63) is 88.4 Å². The third kappa shape index (κ3) is 3.95. The number of methoxy groups -OCH3 is 2. The second-order valence-electron chi connectivity index (χ2n) is 7.50. The number of carbonyl (C=O) groups is 1. The maximum Gasteiger partial charge on any atom is 0.420 e. The van der Waals surface area contributed by atoms with Crippen LogP contribution in [0.1, 0.15) is 16.7 Å². The van der Waals surface area contributed by atoms with Gasteiger partial charge in [-0.15, -0.1) is 0 Å². The summed E-state index contributed by atoms with van der Waals surface area (Å²) in [7, 11) is 2.95. The maximum absolute atomic E-state index is 14.8. The van der Waals surface area contributed by atoms with Gasteiger partial charge in [0, 0.05) is 10.6 Å². The minimum atomic E-state index is -4.86. The van der Waals surface area contributed by atoms with Gasteiger partial charge in [-0.1, -0.05) is 35.9 Å². The molecule has 0 saturated heterocycles. The zero-order valence-corrected chi connectivity index (χ0v) is 18.5. The Morgan fingerprint density at radius 2 is 1.52 bits per heavy atom. The van der Waals surface area contributed by atoms with Gasteiger partial charge in [-0.25, -0.2) is 4.79 Å². The number of fused-ring (bicyclic) bond motifs is 1. The fourth-order valence-corrected chi connectivity index (χ4v) is 4.15. The molecule has 0 aromatic heterocycles. The Bertz CT molecular complexity index is 1170. The number of alkyl halides is 3. The normalized spacial score (nSPS) is 17.9. The molecule has 0 bridgehead atoms. The van der Waals surface area contributed by atoms with Crippen LogP contribution in [0.25, 0.3) is 0 Å². The first kappa shape index (κ1) is 22.8. The summed E-state index contributed by atoms with van der Waals surface area (Å²) in [6.45, 7) is 0.0566. The Balaban J connectivity index is 1.87. The van der Waals surface area contributed by atoms with Crippen molar-refractivity contribution in [2.24, 2.45) is 0 Å². The lowest BCUT2D eigenvalue weighted by Crippen LogP contribution is -2.63. The number of carbonyl (C=O) groups excluding carboxylic acids is 1. The smallest absolute Gasteiger partial charge is 0.420 e. The summed E-state index contributed by atoms with van der Waals surface area (Å²) in [6, 6.07) is 15.6. The molecule has 3 aromatic carbocycles. The summed E-state index contributed by atoms with van der Waals surface area (Å²) in [5.74, 6) is 1.02. The number of amides is 2. The number of benzene rings is 3. The van der Waals surface area contributed by atoms with E-state index in [4.69, 9.17) is 21.1 Å². The van der Waals surface area contributed by atoms with Crippen molar-refractivity contribution in [3.8, 4) is 11.5 Å². The predicted molar refractivity (Wildman–Crippen MR) is 119 cm³/mol. The van der Waals surface area contributed by atoms with E-state index in [0.717, 1.165) is 5.56 Å². The number of rotatable bonds is 5. The van der Waals surface area contributed by atoms with Gasteiger partial charge in [0.25, 0.3) is 0 Å². The second kappa shape index (κ2) is 8.51. The Hall–Kier alpha value is -3.39. The molecular weight excluding hydrogens is 457 g/mol.